The molecule has 0 bridgehead atoms. The van der Waals surface area contributed by atoms with Crippen LogP contribution in [0.1, 0.15) is 34.7 Å². The Hall–Kier alpha value is -3.65. The third-order valence-electron chi connectivity index (χ3n) is 5.77. The second kappa shape index (κ2) is 8.37. The first-order chi connectivity index (χ1) is 16.0. The smallest absolute Gasteiger partial charge is 0.226 e. The van der Waals surface area contributed by atoms with Gasteiger partial charge in [-0.2, -0.15) is 9.78 Å². The molecule has 0 fully saturated rings. The number of aryl methyl sites for hydroxylation is 2. The van der Waals surface area contributed by atoms with Gasteiger partial charge in [0.25, 0.3) is 0 Å². The predicted octanol–water partition coefficient (Wildman–Crippen LogP) is 5.15. The number of methoxy groups -OCH3 is 1. The Kier molecular flexibility index (Phi) is 5.38. The lowest BCUT2D eigenvalue weighted by atomic mass is 9.85. The molecule has 1 N–H and O–H groups in total. The van der Waals surface area contributed by atoms with Crippen molar-refractivity contribution in [2.45, 2.75) is 26.2 Å². The summed E-state index contributed by atoms with van der Waals surface area (Å²) in [4.78, 5) is 17.6. The van der Waals surface area contributed by atoms with Crippen LogP contribution in [0.3, 0.4) is 0 Å². The van der Waals surface area contributed by atoms with Gasteiger partial charge in [0.05, 0.1) is 23.0 Å². The summed E-state index contributed by atoms with van der Waals surface area (Å²) in [7, 11) is 1.61. The molecule has 0 radical (unpaired) electrons. The van der Waals surface area contributed by atoms with E-state index in [2.05, 4.69) is 24.9 Å². The van der Waals surface area contributed by atoms with Crippen LogP contribution in [0.4, 0.5) is 5.82 Å². The van der Waals surface area contributed by atoms with E-state index in [1.54, 1.807) is 29.2 Å². The lowest BCUT2D eigenvalue weighted by Gasteiger charge is -2.26. The Morgan fingerprint density at radius 3 is 2.94 bits per heavy atom. The highest BCUT2D eigenvalue weighted by molar-refractivity contribution is 7.20. The van der Waals surface area contributed by atoms with Gasteiger partial charge in [-0.05, 0) is 37.6 Å². The molecule has 2 aromatic carbocycles. The summed E-state index contributed by atoms with van der Waals surface area (Å²) in [5, 5.41) is 8.54. The zero-order valence-electron chi connectivity index (χ0n) is 18.7. The van der Waals surface area contributed by atoms with Crippen LogP contribution >= 0.6 is 11.3 Å². The standard InChI is InChI=1S/C25H24N4O3S/c1-5-11-32-23-16(7-6-8-19(23)31-4)17-13-21(30)27-24-22(17)15(3)28-29(24)25-26-18-10-9-14(2)12-20(18)33-25/h5-10,12,17H,1,11,13H2,2-4H3,(H,27,30)/t17-/m1/s1. The van der Waals surface area contributed by atoms with Crippen molar-refractivity contribution >= 4 is 33.3 Å². The maximum atomic E-state index is 12.8. The molecule has 1 atom stereocenters. The Balaban J connectivity index is 1.66. The SMILES string of the molecule is C=CCOc1c(OC)cccc1[C@H]1CC(=O)Nc2c1c(C)nn2-c1nc2ccc(C)cc2s1. The average molecular weight is 461 g/mol. The molecule has 4 aromatic rings. The first kappa shape index (κ1) is 21.2. The number of nitrogens with one attached hydrogen (secondary N) is 1. The maximum Gasteiger partial charge on any atom is 0.226 e. The highest BCUT2D eigenvalue weighted by atomic mass is 32.1. The quantitative estimate of drug-likeness (QED) is 0.403. The third kappa shape index (κ3) is 3.66. The fraction of sp³-hybridized carbons (Fsp3) is 0.240. The molecule has 2 aromatic heterocycles. The number of nitrogens with zero attached hydrogens (tertiary/aromatic N) is 3. The van der Waals surface area contributed by atoms with Crippen LogP contribution in [0.2, 0.25) is 0 Å². The van der Waals surface area contributed by atoms with Crippen LogP contribution in [0.5, 0.6) is 11.5 Å². The van der Waals surface area contributed by atoms with Crippen molar-refractivity contribution in [3.05, 3.63) is 71.4 Å². The van der Waals surface area contributed by atoms with E-state index in [1.165, 1.54) is 5.56 Å². The Labute approximate surface area is 195 Å². The highest BCUT2D eigenvalue weighted by Gasteiger charge is 2.35. The maximum absolute atomic E-state index is 12.8. The molecule has 0 saturated carbocycles. The number of anilines is 1. The van der Waals surface area contributed by atoms with E-state index in [9.17, 15) is 4.79 Å². The Morgan fingerprint density at radius 1 is 1.30 bits per heavy atom. The summed E-state index contributed by atoms with van der Waals surface area (Å²) in [6.07, 6.45) is 1.98. The molecule has 5 rings (SSSR count). The summed E-state index contributed by atoms with van der Waals surface area (Å²) in [6, 6.07) is 11.9. The summed E-state index contributed by atoms with van der Waals surface area (Å²) in [5.74, 6) is 1.58. The van der Waals surface area contributed by atoms with Crippen LogP contribution in [0, 0.1) is 13.8 Å². The van der Waals surface area contributed by atoms with Gasteiger partial charge < -0.3 is 14.8 Å². The minimum atomic E-state index is -0.228. The van der Waals surface area contributed by atoms with Crippen molar-refractivity contribution in [2.75, 3.05) is 19.0 Å². The first-order valence-corrected chi connectivity index (χ1v) is 11.5. The number of fused-ring (bicyclic) bond motifs is 2. The molecule has 7 nitrogen and oxygen atoms in total. The molecule has 0 spiro atoms. The number of hydrogen-bond acceptors (Lipinski definition) is 6. The van der Waals surface area contributed by atoms with E-state index < -0.39 is 0 Å². The van der Waals surface area contributed by atoms with Gasteiger partial charge >= 0.3 is 0 Å². The van der Waals surface area contributed by atoms with E-state index >= 15 is 0 Å². The molecular formula is C25H24N4O3S. The zero-order valence-corrected chi connectivity index (χ0v) is 19.5. The van der Waals surface area contributed by atoms with Crippen molar-refractivity contribution in [1.82, 2.24) is 14.8 Å². The van der Waals surface area contributed by atoms with E-state index in [0.29, 0.717) is 23.9 Å². The van der Waals surface area contributed by atoms with Crippen molar-refractivity contribution in [1.29, 1.82) is 0 Å². The van der Waals surface area contributed by atoms with E-state index in [-0.39, 0.29) is 18.2 Å². The molecule has 1 amide bonds. The van der Waals surface area contributed by atoms with Crippen molar-refractivity contribution in [3.63, 3.8) is 0 Å². The van der Waals surface area contributed by atoms with Crippen LogP contribution in [0.15, 0.2) is 49.1 Å². The lowest BCUT2D eigenvalue weighted by molar-refractivity contribution is -0.116. The summed E-state index contributed by atoms with van der Waals surface area (Å²) >= 11 is 1.55. The zero-order chi connectivity index (χ0) is 23.1. The Morgan fingerprint density at radius 2 is 2.15 bits per heavy atom. The van der Waals surface area contributed by atoms with Gasteiger partial charge in [0.1, 0.15) is 12.4 Å². The molecule has 0 aliphatic carbocycles. The normalized spacial score (nSPS) is 15.2. The largest absolute Gasteiger partial charge is 0.493 e. The Bertz CT molecular complexity index is 1390. The van der Waals surface area contributed by atoms with E-state index in [4.69, 9.17) is 19.6 Å². The van der Waals surface area contributed by atoms with Crippen molar-refractivity contribution in [2.24, 2.45) is 0 Å². The van der Waals surface area contributed by atoms with Crippen LogP contribution < -0.4 is 14.8 Å². The van der Waals surface area contributed by atoms with Gasteiger partial charge in [0.2, 0.25) is 11.0 Å². The minimum Gasteiger partial charge on any atom is -0.493 e. The summed E-state index contributed by atoms with van der Waals surface area (Å²) < 4.78 is 14.4. The molecule has 168 valence electrons. The molecule has 8 heteroatoms. The van der Waals surface area contributed by atoms with Gasteiger partial charge in [-0.1, -0.05) is 42.2 Å². The monoisotopic (exact) mass is 460 g/mol. The number of ether oxygens (including phenoxy) is 2. The number of benzene rings is 2. The number of carbonyl (C=O) groups is 1. The fourth-order valence-electron chi connectivity index (χ4n) is 4.33. The molecule has 0 unspecified atom stereocenters. The molecule has 1 aliphatic rings. The number of thiazole rings is 1. The summed E-state index contributed by atoms with van der Waals surface area (Å²) in [6.45, 7) is 8.10. The number of amides is 1. The number of carbonyl (C=O) groups excluding carboxylic acids is 1. The van der Waals surface area contributed by atoms with Crippen LogP contribution in [-0.2, 0) is 4.79 Å². The predicted molar refractivity (Wildman–Crippen MR) is 130 cm³/mol. The fourth-order valence-corrected chi connectivity index (χ4v) is 5.35. The highest BCUT2D eigenvalue weighted by Crippen LogP contribution is 2.46. The van der Waals surface area contributed by atoms with Gasteiger partial charge in [-0.3, -0.25) is 4.79 Å². The second-order valence-electron chi connectivity index (χ2n) is 8.01. The molecule has 3 heterocycles. The third-order valence-corrected chi connectivity index (χ3v) is 6.76. The number of aromatic nitrogens is 3. The van der Waals surface area contributed by atoms with E-state index in [1.807, 2.05) is 37.3 Å². The average Bonchev–Trinajstić information content (AvgIpc) is 3.37. The molecular weight excluding hydrogens is 436 g/mol. The van der Waals surface area contributed by atoms with Crippen LogP contribution in [0.25, 0.3) is 15.3 Å². The van der Waals surface area contributed by atoms with Gasteiger partial charge in [0, 0.05) is 23.5 Å². The number of hydrogen-bond donors (Lipinski definition) is 1. The van der Waals surface area contributed by atoms with Gasteiger partial charge in [-0.15, -0.1) is 0 Å². The van der Waals surface area contributed by atoms with Crippen molar-refractivity contribution < 1.29 is 14.3 Å². The number of para-hydroxylation sites is 1. The van der Waals surface area contributed by atoms with Gasteiger partial charge in [-0.25, -0.2) is 4.98 Å². The summed E-state index contributed by atoms with van der Waals surface area (Å²) in [5.41, 5.74) is 4.77. The topological polar surface area (TPSA) is 78.3 Å². The molecule has 1 aliphatic heterocycles. The van der Waals surface area contributed by atoms with E-state index in [0.717, 1.165) is 32.2 Å². The second-order valence-corrected chi connectivity index (χ2v) is 9.02. The van der Waals surface area contributed by atoms with Crippen molar-refractivity contribution in [3.8, 4) is 16.6 Å². The molecule has 0 saturated heterocycles. The minimum absolute atomic E-state index is 0.0805. The molecule has 33 heavy (non-hydrogen) atoms. The van der Waals surface area contributed by atoms with Gasteiger partial charge in [0.15, 0.2) is 11.5 Å². The lowest BCUT2D eigenvalue weighted by Crippen LogP contribution is -2.25. The first-order valence-electron chi connectivity index (χ1n) is 10.7. The number of rotatable bonds is 6. The van der Waals surface area contributed by atoms with Crippen LogP contribution in [-0.4, -0.2) is 34.4 Å².